The zero-order valence-electron chi connectivity index (χ0n) is 13.9. The van der Waals surface area contributed by atoms with Gasteiger partial charge in [0.2, 0.25) is 0 Å². The SMILES string of the molecule is CCOC(=O)C(=[N+]=[N-])C1=CCCC1O[Si](C)(C)C(C)(C)C. The van der Waals surface area contributed by atoms with Crippen LogP contribution in [-0.4, -0.2) is 37.5 Å². The summed E-state index contributed by atoms with van der Waals surface area (Å²) in [6.45, 7) is 12.8. The van der Waals surface area contributed by atoms with Crippen LogP contribution < -0.4 is 0 Å². The Balaban J connectivity index is 2.95. The van der Waals surface area contributed by atoms with Crippen LogP contribution in [0.4, 0.5) is 0 Å². The van der Waals surface area contributed by atoms with E-state index in [4.69, 9.17) is 14.7 Å². The second kappa shape index (κ2) is 6.69. The first-order valence-electron chi connectivity index (χ1n) is 7.41. The van der Waals surface area contributed by atoms with Crippen LogP contribution in [0.15, 0.2) is 11.6 Å². The van der Waals surface area contributed by atoms with Gasteiger partial charge in [0.1, 0.15) is 0 Å². The molecule has 0 saturated carbocycles. The molecule has 1 atom stereocenters. The molecule has 0 amide bonds. The number of hydrogen-bond donors (Lipinski definition) is 0. The molecular formula is C15H26N2O3Si. The van der Waals surface area contributed by atoms with Gasteiger partial charge in [-0.05, 0) is 37.9 Å². The summed E-state index contributed by atoms with van der Waals surface area (Å²) in [6, 6.07) is 0. The summed E-state index contributed by atoms with van der Waals surface area (Å²) < 4.78 is 11.3. The largest absolute Gasteiger partial charge is 0.457 e. The van der Waals surface area contributed by atoms with E-state index >= 15 is 0 Å². The van der Waals surface area contributed by atoms with E-state index < -0.39 is 14.3 Å². The number of carbonyl (C=O) groups is 1. The normalized spacial score (nSPS) is 19.0. The van der Waals surface area contributed by atoms with Gasteiger partial charge in [0.05, 0.1) is 18.3 Å². The van der Waals surface area contributed by atoms with Crippen molar-refractivity contribution < 1.29 is 18.7 Å². The summed E-state index contributed by atoms with van der Waals surface area (Å²) in [4.78, 5) is 15.0. The number of hydrogen-bond acceptors (Lipinski definition) is 3. The molecule has 0 aromatic carbocycles. The molecule has 1 rings (SSSR count). The van der Waals surface area contributed by atoms with Crippen molar-refractivity contribution in [2.45, 2.75) is 64.8 Å². The number of carbonyl (C=O) groups excluding carboxylic acids is 1. The van der Waals surface area contributed by atoms with Crippen LogP contribution >= 0.6 is 0 Å². The van der Waals surface area contributed by atoms with E-state index in [1.165, 1.54) is 0 Å². The highest BCUT2D eigenvalue weighted by Crippen LogP contribution is 2.39. The monoisotopic (exact) mass is 310 g/mol. The van der Waals surface area contributed by atoms with E-state index in [0.29, 0.717) is 5.57 Å². The van der Waals surface area contributed by atoms with Gasteiger partial charge in [-0.15, -0.1) is 0 Å². The fourth-order valence-electron chi connectivity index (χ4n) is 2.00. The molecule has 1 unspecified atom stereocenters. The lowest BCUT2D eigenvalue weighted by atomic mass is 10.1. The molecule has 21 heavy (non-hydrogen) atoms. The molecule has 6 heteroatoms. The molecule has 0 heterocycles. The van der Waals surface area contributed by atoms with E-state index in [9.17, 15) is 4.79 Å². The third kappa shape index (κ3) is 4.12. The minimum absolute atomic E-state index is 0.0296. The van der Waals surface area contributed by atoms with Crippen LogP contribution in [0.1, 0.15) is 40.5 Å². The van der Waals surface area contributed by atoms with Crippen molar-refractivity contribution in [3.63, 3.8) is 0 Å². The fourth-order valence-corrected chi connectivity index (χ4v) is 3.31. The van der Waals surface area contributed by atoms with Crippen LogP contribution in [0.5, 0.6) is 0 Å². The number of nitrogens with zero attached hydrogens (tertiary/aromatic N) is 2. The first kappa shape index (κ1) is 17.8. The smallest absolute Gasteiger partial charge is 0.422 e. The average molecular weight is 310 g/mol. The zero-order valence-corrected chi connectivity index (χ0v) is 14.9. The van der Waals surface area contributed by atoms with E-state index in [2.05, 4.69) is 38.7 Å². The predicted molar refractivity (Wildman–Crippen MR) is 84.6 cm³/mol. The molecule has 0 fully saturated rings. The van der Waals surface area contributed by atoms with Crippen LogP contribution in [0.3, 0.4) is 0 Å². The van der Waals surface area contributed by atoms with Crippen molar-refractivity contribution >= 4 is 20.0 Å². The highest BCUT2D eigenvalue weighted by molar-refractivity contribution is 6.74. The van der Waals surface area contributed by atoms with Crippen molar-refractivity contribution in [3.05, 3.63) is 17.2 Å². The van der Waals surface area contributed by atoms with E-state index in [-0.39, 0.29) is 23.5 Å². The van der Waals surface area contributed by atoms with Gasteiger partial charge in [-0.1, -0.05) is 26.8 Å². The van der Waals surface area contributed by atoms with Crippen LogP contribution in [-0.2, 0) is 14.0 Å². The first-order valence-corrected chi connectivity index (χ1v) is 10.3. The molecule has 0 aromatic heterocycles. The Morgan fingerprint density at radius 2 is 2.10 bits per heavy atom. The first-order chi connectivity index (χ1) is 9.64. The Morgan fingerprint density at radius 3 is 2.57 bits per heavy atom. The molecule has 0 saturated heterocycles. The Kier molecular flexibility index (Phi) is 5.67. The van der Waals surface area contributed by atoms with Gasteiger partial charge < -0.3 is 14.7 Å². The Bertz CT molecular complexity index is 486. The summed E-state index contributed by atoms with van der Waals surface area (Å²) >= 11 is 0. The summed E-state index contributed by atoms with van der Waals surface area (Å²) in [7, 11) is -1.95. The van der Waals surface area contributed by atoms with Gasteiger partial charge in [0.15, 0.2) is 8.32 Å². The molecule has 1 aliphatic rings. The maximum atomic E-state index is 11.9. The molecule has 118 valence electrons. The lowest BCUT2D eigenvalue weighted by molar-refractivity contribution is -0.139. The number of esters is 1. The lowest BCUT2D eigenvalue weighted by Gasteiger charge is -2.38. The van der Waals surface area contributed by atoms with Gasteiger partial charge in [-0.3, -0.25) is 0 Å². The number of rotatable bonds is 5. The molecule has 5 nitrogen and oxygen atoms in total. The van der Waals surface area contributed by atoms with Gasteiger partial charge in [0.25, 0.3) is 0 Å². The minimum Gasteiger partial charge on any atom is -0.457 e. The zero-order chi connectivity index (χ0) is 16.3. The van der Waals surface area contributed by atoms with Crippen molar-refractivity contribution in [2.75, 3.05) is 6.61 Å². The molecule has 0 spiro atoms. The highest BCUT2D eigenvalue weighted by atomic mass is 28.4. The standard InChI is InChI=1S/C15H26N2O3Si/c1-7-19-14(18)13(17-16)11-9-8-10-12(11)20-21(5,6)15(2,3)4/h9,12H,7-8,10H2,1-6H3. The Morgan fingerprint density at radius 1 is 1.48 bits per heavy atom. The van der Waals surface area contributed by atoms with Crippen molar-refractivity contribution in [3.8, 4) is 0 Å². The van der Waals surface area contributed by atoms with Crippen molar-refractivity contribution in [2.24, 2.45) is 0 Å². The minimum atomic E-state index is -1.95. The van der Waals surface area contributed by atoms with Crippen molar-refractivity contribution in [1.29, 1.82) is 0 Å². The third-order valence-corrected chi connectivity index (χ3v) is 8.71. The van der Waals surface area contributed by atoms with Gasteiger partial charge in [-0.2, -0.15) is 4.79 Å². The van der Waals surface area contributed by atoms with Gasteiger partial charge in [-0.25, -0.2) is 4.79 Å². The molecule has 0 aliphatic heterocycles. The predicted octanol–water partition coefficient (Wildman–Crippen LogP) is 3.33. The van der Waals surface area contributed by atoms with Crippen LogP contribution in [0.25, 0.3) is 5.53 Å². The van der Waals surface area contributed by atoms with Crippen LogP contribution in [0.2, 0.25) is 18.1 Å². The lowest BCUT2D eigenvalue weighted by Crippen LogP contribution is -2.45. The summed E-state index contributed by atoms with van der Waals surface area (Å²) in [6.07, 6.45) is 3.33. The molecule has 1 aliphatic carbocycles. The van der Waals surface area contributed by atoms with Crippen molar-refractivity contribution in [1.82, 2.24) is 0 Å². The molecule has 0 N–H and O–H groups in total. The maximum absolute atomic E-state index is 11.9. The fraction of sp³-hybridized carbons (Fsp3) is 0.733. The van der Waals surface area contributed by atoms with Gasteiger partial charge in [0, 0.05) is 0 Å². The van der Waals surface area contributed by atoms with Gasteiger partial charge >= 0.3 is 11.7 Å². The molecular weight excluding hydrogens is 284 g/mol. The Hall–Kier alpha value is -1.23. The Labute approximate surface area is 128 Å². The highest BCUT2D eigenvalue weighted by Gasteiger charge is 2.43. The molecule has 0 bridgehead atoms. The number of ether oxygens (including phenoxy) is 1. The van der Waals surface area contributed by atoms with E-state index in [0.717, 1.165) is 12.8 Å². The number of allylic oxidation sites excluding steroid dienone is 1. The van der Waals surface area contributed by atoms with E-state index in [1.54, 1.807) is 6.92 Å². The summed E-state index contributed by atoms with van der Waals surface area (Å²) in [5.41, 5.74) is 9.79. The second-order valence-electron chi connectivity index (χ2n) is 6.77. The maximum Gasteiger partial charge on any atom is 0.422 e. The average Bonchev–Trinajstić information content (AvgIpc) is 2.76. The van der Waals surface area contributed by atoms with E-state index in [1.807, 2.05) is 6.08 Å². The topological polar surface area (TPSA) is 71.9 Å². The summed E-state index contributed by atoms with van der Waals surface area (Å²) in [5, 5.41) is 0.0845. The quantitative estimate of drug-likeness (QED) is 0.257. The van der Waals surface area contributed by atoms with Crippen LogP contribution in [0, 0.1) is 0 Å². The second-order valence-corrected chi connectivity index (χ2v) is 11.5. The molecule has 0 radical (unpaired) electrons. The molecule has 0 aromatic rings. The third-order valence-electron chi connectivity index (χ3n) is 4.23. The summed E-state index contributed by atoms with van der Waals surface area (Å²) in [5.74, 6) is -0.600.